The summed E-state index contributed by atoms with van der Waals surface area (Å²) in [7, 11) is 0. The third-order valence-corrected chi connectivity index (χ3v) is 4.04. The molecule has 0 radical (unpaired) electrons. The highest BCUT2D eigenvalue weighted by atomic mass is 32.7. The average molecular weight is 182 g/mol. The third-order valence-electron chi connectivity index (χ3n) is 1.26. The lowest BCUT2D eigenvalue weighted by Gasteiger charge is -2.09. The van der Waals surface area contributed by atoms with E-state index in [9.17, 15) is 4.57 Å². The molecule has 0 bridgehead atoms. The summed E-state index contributed by atoms with van der Waals surface area (Å²) in [5, 5.41) is 0. The maximum absolute atomic E-state index is 10.8. The van der Waals surface area contributed by atoms with Gasteiger partial charge in [0, 0.05) is 5.75 Å². The van der Waals surface area contributed by atoms with E-state index in [1.54, 1.807) is 0 Å². The molecule has 62 valence electrons. The second-order valence-electron chi connectivity index (χ2n) is 2.45. The van der Waals surface area contributed by atoms with Crippen molar-refractivity contribution in [2.24, 2.45) is 16.9 Å². The van der Waals surface area contributed by atoms with E-state index in [-0.39, 0.29) is 0 Å². The Morgan fingerprint density at radius 2 is 2.10 bits per heavy atom. The predicted molar refractivity (Wildman–Crippen MR) is 47.9 cm³/mol. The summed E-state index contributed by atoms with van der Waals surface area (Å²) in [6.07, 6.45) is 1.08. The Balaban J connectivity index is 3.46. The van der Waals surface area contributed by atoms with Crippen molar-refractivity contribution in [2.45, 2.75) is 20.3 Å². The van der Waals surface area contributed by atoms with Gasteiger partial charge in [-0.3, -0.25) is 15.6 Å². The minimum absolute atomic E-state index is 0.547. The molecule has 0 rings (SSSR count). The maximum Gasteiger partial charge on any atom is 0.261 e. The van der Waals surface area contributed by atoms with Crippen LogP contribution in [-0.2, 0) is 4.57 Å². The molecule has 1 atom stereocenters. The van der Waals surface area contributed by atoms with E-state index in [0.717, 1.165) is 12.2 Å². The fourth-order valence-corrected chi connectivity index (χ4v) is 2.55. The largest absolute Gasteiger partial charge is 0.277 e. The molecular weight excluding hydrogens is 167 g/mol. The second kappa shape index (κ2) is 4.39. The molecular formula is C5H15N2OPS. The summed E-state index contributed by atoms with van der Waals surface area (Å²) in [6.45, 7) is 1.36. The van der Waals surface area contributed by atoms with Crippen LogP contribution in [0.25, 0.3) is 0 Å². The summed E-state index contributed by atoms with van der Waals surface area (Å²) < 4.78 is 10.8. The Hall–Kier alpha value is 0.500. The Bertz CT molecular complexity index is 136. The van der Waals surface area contributed by atoms with E-state index >= 15 is 0 Å². The van der Waals surface area contributed by atoms with Gasteiger partial charge in [0.05, 0.1) is 0 Å². The van der Waals surface area contributed by atoms with Gasteiger partial charge in [-0.1, -0.05) is 31.7 Å². The number of hydrogen-bond acceptors (Lipinski definition) is 2. The van der Waals surface area contributed by atoms with Crippen LogP contribution in [-0.4, -0.2) is 5.75 Å². The molecule has 0 aromatic rings. The molecule has 0 heterocycles. The highest BCUT2D eigenvalue weighted by Crippen LogP contribution is 2.43. The lowest BCUT2D eigenvalue weighted by Crippen LogP contribution is -2.04. The van der Waals surface area contributed by atoms with E-state index in [2.05, 4.69) is 13.8 Å². The Morgan fingerprint density at radius 1 is 1.60 bits per heavy atom. The lowest BCUT2D eigenvalue weighted by atomic mass is 10.2. The minimum Gasteiger partial charge on any atom is -0.277 e. The highest BCUT2D eigenvalue weighted by Gasteiger charge is 2.10. The quantitative estimate of drug-likeness (QED) is 0.650. The van der Waals surface area contributed by atoms with Gasteiger partial charge in [0.1, 0.15) is 0 Å². The fraction of sp³-hybridized carbons (Fsp3) is 1.00. The SMILES string of the molecule is CCC(C)CSP(N)(N)=O. The summed E-state index contributed by atoms with van der Waals surface area (Å²) in [5.74, 6) is 1.34. The first-order valence-corrected chi connectivity index (χ1v) is 6.71. The van der Waals surface area contributed by atoms with Crippen molar-refractivity contribution < 1.29 is 4.57 Å². The summed E-state index contributed by atoms with van der Waals surface area (Å²) in [5.41, 5.74) is 10.3. The van der Waals surface area contributed by atoms with Crippen molar-refractivity contribution in [2.75, 3.05) is 5.75 Å². The highest BCUT2D eigenvalue weighted by molar-refractivity contribution is 8.56. The molecule has 0 aromatic heterocycles. The van der Waals surface area contributed by atoms with Crippen LogP contribution in [0.1, 0.15) is 20.3 Å². The summed E-state index contributed by atoms with van der Waals surface area (Å²) in [6, 6.07) is 0. The molecule has 5 heteroatoms. The number of nitrogens with two attached hydrogens (primary N) is 2. The minimum atomic E-state index is -2.82. The molecule has 3 nitrogen and oxygen atoms in total. The molecule has 4 N–H and O–H groups in total. The van der Waals surface area contributed by atoms with E-state index in [1.807, 2.05) is 0 Å². The van der Waals surface area contributed by atoms with Crippen molar-refractivity contribution in [3.8, 4) is 0 Å². The van der Waals surface area contributed by atoms with Crippen molar-refractivity contribution in [3.63, 3.8) is 0 Å². The zero-order chi connectivity index (χ0) is 8.20. The summed E-state index contributed by atoms with van der Waals surface area (Å²) >= 11 is 1.18. The first kappa shape index (κ1) is 10.5. The van der Waals surface area contributed by atoms with Crippen molar-refractivity contribution in [3.05, 3.63) is 0 Å². The van der Waals surface area contributed by atoms with Crippen LogP contribution < -0.4 is 11.0 Å². The zero-order valence-electron chi connectivity index (χ0n) is 6.41. The van der Waals surface area contributed by atoms with E-state index in [4.69, 9.17) is 11.0 Å². The van der Waals surface area contributed by atoms with Crippen LogP contribution in [0, 0.1) is 5.92 Å². The molecule has 1 unspecified atom stereocenters. The van der Waals surface area contributed by atoms with Crippen molar-refractivity contribution in [1.29, 1.82) is 0 Å². The van der Waals surface area contributed by atoms with Gasteiger partial charge < -0.3 is 0 Å². The van der Waals surface area contributed by atoms with Gasteiger partial charge in [-0.15, -0.1) is 0 Å². The normalized spacial score (nSPS) is 15.2. The molecule has 0 aliphatic heterocycles. The smallest absolute Gasteiger partial charge is 0.261 e. The molecule has 0 amide bonds. The Labute approximate surface area is 66.2 Å². The molecule has 0 saturated carbocycles. The van der Waals surface area contributed by atoms with Crippen LogP contribution in [0.4, 0.5) is 0 Å². The fourth-order valence-electron chi connectivity index (χ4n) is 0.362. The third kappa shape index (κ3) is 6.62. The molecule has 0 aliphatic rings. The van der Waals surface area contributed by atoms with Gasteiger partial charge in [0.2, 0.25) is 0 Å². The number of rotatable bonds is 4. The average Bonchev–Trinajstić information content (AvgIpc) is 1.81. The van der Waals surface area contributed by atoms with Crippen molar-refractivity contribution >= 4 is 18.0 Å². The molecule has 10 heavy (non-hydrogen) atoms. The summed E-state index contributed by atoms with van der Waals surface area (Å²) in [4.78, 5) is 0. The molecule has 0 aromatic carbocycles. The van der Waals surface area contributed by atoms with E-state index < -0.39 is 6.65 Å². The van der Waals surface area contributed by atoms with Gasteiger partial charge in [0.15, 0.2) is 0 Å². The molecule has 0 aliphatic carbocycles. The molecule has 0 spiro atoms. The van der Waals surface area contributed by atoms with Crippen LogP contribution in [0.15, 0.2) is 0 Å². The van der Waals surface area contributed by atoms with Gasteiger partial charge in [-0.2, -0.15) is 0 Å². The van der Waals surface area contributed by atoms with Crippen LogP contribution in [0.5, 0.6) is 0 Å². The Morgan fingerprint density at radius 3 is 2.40 bits per heavy atom. The first-order chi connectivity index (χ1) is 4.45. The van der Waals surface area contributed by atoms with E-state index in [1.165, 1.54) is 11.4 Å². The molecule has 0 saturated heterocycles. The van der Waals surface area contributed by atoms with Crippen LogP contribution >= 0.6 is 18.0 Å². The monoisotopic (exact) mass is 182 g/mol. The van der Waals surface area contributed by atoms with Crippen molar-refractivity contribution in [1.82, 2.24) is 0 Å². The van der Waals surface area contributed by atoms with Gasteiger partial charge in [-0.25, -0.2) is 0 Å². The Kier molecular flexibility index (Phi) is 4.61. The van der Waals surface area contributed by atoms with E-state index in [0.29, 0.717) is 5.92 Å². The predicted octanol–water partition coefficient (Wildman–Crippen LogP) is 1.79. The zero-order valence-corrected chi connectivity index (χ0v) is 8.12. The second-order valence-corrected chi connectivity index (χ2v) is 6.82. The van der Waals surface area contributed by atoms with Crippen LogP contribution in [0.3, 0.4) is 0 Å². The molecule has 0 fully saturated rings. The number of hydrogen-bond donors (Lipinski definition) is 2. The lowest BCUT2D eigenvalue weighted by molar-refractivity contribution is 0.586. The topological polar surface area (TPSA) is 69.1 Å². The standard InChI is InChI=1S/C5H15N2OPS/c1-3-5(2)4-10-9(6,7)8/h5H,3-4H2,1-2H3,(H4,6,7,8). The van der Waals surface area contributed by atoms with Crippen LogP contribution in [0.2, 0.25) is 0 Å². The maximum atomic E-state index is 10.8. The van der Waals surface area contributed by atoms with Gasteiger partial charge in [0.25, 0.3) is 6.65 Å². The van der Waals surface area contributed by atoms with Gasteiger partial charge in [-0.05, 0) is 5.92 Å². The first-order valence-electron chi connectivity index (χ1n) is 3.27. The van der Waals surface area contributed by atoms with Gasteiger partial charge >= 0.3 is 0 Å².